The lowest BCUT2D eigenvalue weighted by atomic mass is 10.1. The lowest BCUT2D eigenvalue weighted by Gasteiger charge is -2.20. The van der Waals surface area contributed by atoms with Crippen LogP contribution >= 0.6 is 11.8 Å². The Morgan fingerprint density at radius 1 is 1.00 bits per heavy atom. The maximum absolute atomic E-state index is 12.5. The van der Waals surface area contributed by atoms with Crippen molar-refractivity contribution >= 4 is 39.8 Å². The molecule has 0 spiro atoms. The van der Waals surface area contributed by atoms with Crippen molar-refractivity contribution in [2.45, 2.75) is 13.8 Å². The van der Waals surface area contributed by atoms with E-state index < -0.39 is 5.91 Å². The molecular formula is C24H24N4O4S. The number of carbonyl (C=O) groups is 1. The number of benzene rings is 2. The minimum absolute atomic E-state index is 0.0316. The van der Waals surface area contributed by atoms with Gasteiger partial charge in [0.1, 0.15) is 35.5 Å². The van der Waals surface area contributed by atoms with Gasteiger partial charge in [-0.1, -0.05) is 26.0 Å². The first-order valence-electron chi connectivity index (χ1n) is 10.4. The summed E-state index contributed by atoms with van der Waals surface area (Å²) in [5, 5.41) is 15.6. The molecule has 1 N–H and O–H groups in total. The minimum atomic E-state index is -0.435. The number of nitrogens with one attached hydrogen (secondary N) is 1. The summed E-state index contributed by atoms with van der Waals surface area (Å²) >= 11 is 1.33. The van der Waals surface area contributed by atoms with Crippen LogP contribution in [-0.2, 0) is 4.79 Å². The molecular weight excluding hydrogens is 440 g/mol. The number of nitrogens with zero attached hydrogens (tertiary/aromatic N) is 3. The van der Waals surface area contributed by atoms with E-state index in [2.05, 4.69) is 10.1 Å². The minimum Gasteiger partial charge on any atom is -0.497 e. The monoisotopic (exact) mass is 464 g/mol. The van der Waals surface area contributed by atoms with Crippen LogP contribution in [0.25, 0.3) is 6.08 Å². The van der Waals surface area contributed by atoms with Crippen molar-refractivity contribution < 1.29 is 19.0 Å². The highest BCUT2D eigenvalue weighted by Gasteiger charge is 2.36. The molecule has 9 heteroatoms. The standard InChI is InChI=1S/C24H24N4O4S/c1-15(2)23-27-28-21(25)20(22(29)26-24(28)33-23)14-16-4-6-18(7-5-16)31-12-13-32-19-10-8-17(30-3)9-11-19/h4-11,14-15,25H,12-13H2,1-3H3. The Morgan fingerprint density at radius 3 is 2.15 bits per heavy atom. The molecule has 2 aliphatic rings. The third-order valence-corrected chi connectivity index (χ3v) is 6.04. The summed E-state index contributed by atoms with van der Waals surface area (Å²) in [6.07, 6.45) is 1.65. The second kappa shape index (κ2) is 9.91. The van der Waals surface area contributed by atoms with E-state index in [1.807, 2.05) is 62.4 Å². The number of ether oxygens (including phenoxy) is 3. The molecule has 0 saturated carbocycles. The number of methoxy groups -OCH3 is 1. The molecule has 4 rings (SSSR count). The third-order valence-electron chi connectivity index (χ3n) is 4.84. The summed E-state index contributed by atoms with van der Waals surface area (Å²) in [5.41, 5.74) is 0.971. The first-order chi connectivity index (χ1) is 15.9. The fourth-order valence-corrected chi connectivity index (χ4v) is 3.95. The predicted octanol–water partition coefficient (Wildman–Crippen LogP) is 4.43. The van der Waals surface area contributed by atoms with E-state index in [9.17, 15) is 4.79 Å². The number of hydrogen-bond acceptors (Lipinski definition) is 7. The number of hydrazone groups is 1. The van der Waals surface area contributed by atoms with Crippen molar-refractivity contribution in [2.75, 3.05) is 20.3 Å². The number of thioether (sulfide) groups is 1. The number of fused-ring (bicyclic) bond motifs is 1. The summed E-state index contributed by atoms with van der Waals surface area (Å²) in [6, 6.07) is 14.6. The Kier molecular flexibility index (Phi) is 6.79. The first kappa shape index (κ1) is 22.6. The molecule has 0 saturated heterocycles. The quantitative estimate of drug-likeness (QED) is 0.459. The second-order valence-electron chi connectivity index (χ2n) is 7.55. The molecule has 0 aromatic heterocycles. The van der Waals surface area contributed by atoms with Gasteiger partial charge in [-0.25, -0.2) is 0 Å². The van der Waals surface area contributed by atoms with Crippen LogP contribution in [0.2, 0.25) is 0 Å². The molecule has 0 atom stereocenters. The van der Waals surface area contributed by atoms with Gasteiger partial charge in [-0.05, 0) is 59.8 Å². The zero-order chi connectivity index (χ0) is 23.4. The van der Waals surface area contributed by atoms with Crippen LogP contribution < -0.4 is 14.2 Å². The van der Waals surface area contributed by atoms with Crippen molar-refractivity contribution in [3.05, 3.63) is 59.7 Å². The highest BCUT2D eigenvalue weighted by Crippen LogP contribution is 2.30. The van der Waals surface area contributed by atoms with Crippen LogP contribution in [0.3, 0.4) is 0 Å². The van der Waals surface area contributed by atoms with E-state index in [1.54, 1.807) is 13.2 Å². The van der Waals surface area contributed by atoms with Gasteiger partial charge in [-0.3, -0.25) is 10.2 Å². The maximum atomic E-state index is 12.5. The Balaban J connectivity index is 1.34. The fourth-order valence-electron chi connectivity index (χ4n) is 3.06. The molecule has 170 valence electrons. The molecule has 0 unspecified atom stereocenters. The third kappa shape index (κ3) is 5.25. The molecule has 2 aromatic rings. The van der Waals surface area contributed by atoms with Crippen LogP contribution in [0.5, 0.6) is 17.2 Å². The second-order valence-corrected chi connectivity index (χ2v) is 8.54. The van der Waals surface area contributed by atoms with Gasteiger partial charge in [-0.15, -0.1) is 0 Å². The summed E-state index contributed by atoms with van der Waals surface area (Å²) in [4.78, 5) is 16.6. The molecule has 33 heavy (non-hydrogen) atoms. The highest BCUT2D eigenvalue weighted by atomic mass is 32.2. The van der Waals surface area contributed by atoms with Crippen molar-refractivity contribution in [1.82, 2.24) is 5.01 Å². The average Bonchev–Trinajstić information content (AvgIpc) is 3.25. The van der Waals surface area contributed by atoms with E-state index >= 15 is 0 Å². The lowest BCUT2D eigenvalue weighted by Crippen LogP contribution is -2.35. The van der Waals surface area contributed by atoms with Crippen molar-refractivity contribution in [1.29, 1.82) is 5.41 Å². The van der Waals surface area contributed by atoms with Crippen molar-refractivity contribution in [3.63, 3.8) is 0 Å². The summed E-state index contributed by atoms with van der Waals surface area (Å²) in [6.45, 7) is 4.82. The number of hydrogen-bond donors (Lipinski definition) is 1. The van der Waals surface area contributed by atoms with Gasteiger partial charge in [-0.2, -0.15) is 15.1 Å². The smallest absolute Gasteiger partial charge is 0.283 e. The van der Waals surface area contributed by atoms with Gasteiger partial charge in [0.2, 0.25) is 5.17 Å². The van der Waals surface area contributed by atoms with Gasteiger partial charge < -0.3 is 14.2 Å². The van der Waals surface area contributed by atoms with E-state index in [0.717, 1.165) is 22.1 Å². The fraction of sp³-hybridized carbons (Fsp3) is 0.250. The largest absolute Gasteiger partial charge is 0.497 e. The number of rotatable bonds is 8. The number of amides is 1. The molecule has 0 bridgehead atoms. The average molecular weight is 465 g/mol. The van der Waals surface area contributed by atoms with E-state index in [-0.39, 0.29) is 17.3 Å². The van der Waals surface area contributed by atoms with Gasteiger partial charge >= 0.3 is 0 Å². The van der Waals surface area contributed by atoms with Crippen LogP contribution in [-0.4, -0.2) is 47.3 Å². The SMILES string of the molecule is COc1ccc(OCCOc2ccc(C=C3C(=N)N4N=C(C(C)C)SC4=NC3=O)cc2)cc1. The summed E-state index contributed by atoms with van der Waals surface area (Å²) < 4.78 is 16.5. The van der Waals surface area contributed by atoms with Crippen LogP contribution in [0.4, 0.5) is 0 Å². The number of carbonyl (C=O) groups excluding carboxylic acids is 1. The Hall–Kier alpha value is -3.59. The molecule has 2 aliphatic heterocycles. The number of aliphatic imine (C=N–C) groups is 1. The van der Waals surface area contributed by atoms with Gasteiger partial charge in [0.25, 0.3) is 5.91 Å². The maximum Gasteiger partial charge on any atom is 0.283 e. The number of amidine groups is 2. The van der Waals surface area contributed by atoms with E-state index in [1.165, 1.54) is 16.8 Å². The van der Waals surface area contributed by atoms with Crippen LogP contribution in [0, 0.1) is 11.3 Å². The molecule has 8 nitrogen and oxygen atoms in total. The molecule has 2 aromatic carbocycles. The molecule has 1 amide bonds. The van der Waals surface area contributed by atoms with Gasteiger partial charge in [0.05, 0.1) is 12.7 Å². The predicted molar refractivity (Wildman–Crippen MR) is 130 cm³/mol. The molecule has 0 fully saturated rings. The van der Waals surface area contributed by atoms with Crippen LogP contribution in [0.15, 0.2) is 64.2 Å². The first-order valence-corrected chi connectivity index (χ1v) is 11.3. The van der Waals surface area contributed by atoms with E-state index in [0.29, 0.717) is 24.1 Å². The lowest BCUT2D eigenvalue weighted by molar-refractivity contribution is -0.114. The molecule has 2 heterocycles. The summed E-state index contributed by atoms with van der Waals surface area (Å²) in [5.74, 6) is 2.00. The Labute approximate surface area is 196 Å². The van der Waals surface area contributed by atoms with Crippen LogP contribution in [0.1, 0.15) is 19.4 Å². The van der Waals surface area contributed by atoms with Gasteiger partial charge in [0, 0.05) is 5.92 Å². The van der Waals surface area contributed by atoms with E-state index in [4.69, 9.17) is 19.6 Å². The normalized spacial score (nSPS) is 16.6. The zero-order valence-corrected chi connectivity index (χ0v) is 19.4. The van der Waals surface area contributed by atoms with Gasteiger partial charge in [0.15, 0.2) is 5.84 Å². The molecule has 0 radical (unpaired) electrons. The van der Waals surface area contributed by atoms with Crippen molar-refractivity contribution in [2.24, 2.45) is 16.0 Å². The Bertz CT molecular complexity index is 1140. The molecule has 0 aliphatic carbocycles. The highest BCUT2D eigenvalue weighted by molar-refractivity contribution is 8.27. The van der Waals surface area contributed by atoms with Crippen molar-refractivity contribution in [3.8, 4) is 17.2 Å². The topological polar surface area (TPSA) is 96.6 Å². The Morgan fingerprint density at radius 2 is 1.58 bits per heavy atom. The zero-order valence-electron chi connectivity index (χ0n) is 18.6. The summed E-state index contributed by atoms with van der Waals surface area (Å²) in [7, 11) is 1.62.